The number of fused-ring (bicyclic) bond motifs is 1. The third-order valence-electron chi connectivity index (χ3n) is 3.73. The van der Waals surface area contributed by atoms with Gasteiger partial charge in [0.15, 0.2) is 0 Å². The second-order valence-corrected chi connectivity index (χ2v) is 8.39. The van der Waals surface area contributed by atoms with Crippen LogP contribution in [-0.4, -0.2) is 15.0 Å². The van der Waals surface area contributed by atoms with Crippen molar-refractivity contribution in [1.82, 2.24) is 15.0 Å². The highest BCUT2D eigenvalue weighted by Crippen LogP contribution is 2.31. The van der Waals surface area contributed by atoms with Gasteiger partial charge in [-0.25, -0.2) is 9.07 Å². The van der Waals surface area contributed by atoms with E-state index in [1.54, 1.807) is 6.07 Å². The topological polar surface area (TPSA) is 42.7 Å². The quantitative estimate of drug-likeness (QED) is 0.588. The van der Waals surface area contributed by atoms with Crippen molar-refractivity contribution in [3.63, 3.8) is 0 Å². The lowest BCUT2D eigenvalue weighted by Crippen LogP contribution is -2.16. The third kappa shape index (κ3) is 4.12. The van der Waals surface area contributed by atoms with Crippen molar-refractivity contribution < 1.29 is 4.39 Å². The normalized spacial score (nSPS) is 11.9. The van der Waals surface area contributed by atoms with E-state index in [4.69, 9.17) is 11.6 Å². The Hall–Kier alpha value is -1.66. The first-order chi connectivity index (χ1) is 11.7. The van der Waals surface area contributed by atoms with Crippen LogP contribution in [0.3, 0.4) is 0 Å². The van der Waals surface area contributed by atoms with E-state index in [1.807, 2.05) is 16.8 Å². The van der Waals surface area contributed by atoms with Crippen molar-refractivity contribution in [2.24, 2.45) is 5.41 Å². The van der Waals surface area contributed by atoms with Crippen LogP contribution in [0.2, 0.25) is 5.02 Å². The maximum Gasteiger partial charge on any atom is 0.129 e. The molecule has 0 fully saturated rings. The summed E-state index contributed by atoms with van der Waals surface area (Å²) in [5.41, 5.74) is 3.61. The molecular weight excluding hydrogens is 407 g/mol. The highest BCUT2D eigenvalue weighted by atomic mass is 79.9. The SMILES string of the molecule is CC(C)(C)Cn1nnc2c(Br)c(NCc3ccc(F)cc3Cl)ccc21. The molecule has 4 nitrogen and oxygen atoms in total. The van der Waals surface area contributed by atoms with Crippen molar-refractivity contribution in [1.29, 1.82) is 0 Å². The highest BCUT2D eigenvalue weighted by Gasteiger charge is 2.17. The molecule has 132 valence electrons. The van der Waals surface area contributed by atoms with E-state index in [0.717, 1.165) is 33.3 Å². The van der Waals surface area contributed by atoms with E-state index in [-0.39, 0.29) is 11.2 Å². The molecule has 1 aromatic heterocycles. The van der Waals surface area contributed by atoms with Gasteiger partial charge >= 0.3 is 0 Å². The summed E-state index contributed by atoms with van der Waals surface area (Å²) in [5, 5.41) is 12.3. The lowest BCUT2D eigenvalue weighted by Gasteiger charge is -2.18. The average molecular weight is 426 g/mol. The monoisotopic (exact) mass is 424 g/mol. The molecule has 0 amide bonds. The van der Waals surface area contributed by atoms with Crippen molar-refractivity contribution >= 4 is 44.3 Å². The van der Waals surface area contributed by atoms with Crippen molar-refractivity contribution in [2.75, 3.05) is 5.32 Å². The van der Waals surface area contributed by atoms with Gasteiger partial charge in [-0.05, 0) is 51.2 Å². The lowest BCUT2D eigenvalue weighted by molar-refractivity contribution is 0.327. The summed E-state index contributed by atoms with van der Waals surface area (Å²) in [6.07, 6.45) is 0. The Balaban J connectivity index is 1.84. The zero-order chi connectivity index (χ0) is 18.2. The zero-order valence-corrected chi connectivity index (χ0v) is 16.6. The van der Waals surface area contributed by atoms with E-state index in [9.17, 15) is 4.39 Å². The smallest absolute Gasteiger partial charge is 0.129 e. The molecule has 3 aromatic rings. The predicted octanol–water partition coefficient (Wildman–Crippen LogP) is 5.64. The molecular formula is C18H19BrClFN4. The van der Waals surface area contributed by atoms with Gasteiger partial charge in [0, 0.05) is 18.1 Å². The Morgan fingerprint density at radius 3 is 2.68 bits per heavy atom. The molecule has 2 aromatic carbocycles. The summed E-state index contributed by atoms with van der Waals surface area (Å²) < 4.78 is 15.9. The van der Waals surface area contributed by atoms with Crippen LogP contribution in [0.4, 0.5) is 10.1 Å². The van der Waals surface area contributed by atoms with Gasteiger partial charge < -0.3 is 5.32 Å². The van der Waals surface area contributed by atoms with E-state index in [1.165, 1.54) is 12.1 Å². The molecule has 0 saturated carbocycles. The van der Waals surface area contributed by atoms with Gasteiger partial charge in [0.1, 0.15) is 11.3 Å². The number of halogens is 3. The van der Waals surface area contributed by atoms with Crippen molar-refractivity contribution in [3.8, 4) is 0 Å². The molecule has 1 N–H and O–H groups in total. The molecule has 0 radical (unpaired) electrons. The average Bonchev–Trinajstić information content (AvgIpc) is 2.90. The molecule has 0 aliphatic heterocycles. The molecule has 25 heavy (non-hydrogen) atoms. The molecule has 0 aliphatic rings. The number of hydrogen-bond donors (Lipinski definition) is 1. The van der Waals surface area contributed by atoms with Gasteiger partial charge in [0.25, 0.3) is 0 Å². The molecule has 0 aliphatic carbocycles. The largest absolute Gasteiger partial charge is 0.380 e. The number of anilines is 1. The number of benzene rings is 2. The van der Waals surface area contributed by atoms with Crippen LogP contribution < -0.4 is 5.32 Å². The first-order valence-corrected chi connectivity index (χ1v) is 9.11. The van der Waals surface area contributed by atoms with Gasteiger partial charge in [-0.2, -0.15) is 0 Å². The summed E-state index contributed by atoms with van der Waals surface area (Å²) in [7, 11) is 0. The fourth-order valence-corrected chi connectivity index (χ4v) is 3.35. The summed E-state index contributed by atoms with van der Waals surface area (Å²) in [6.45, 7) is 7.76. The Labute approximate surface area is 159 Å². The van der Waals surface area contributed by atoms with Crippen LogP contribution in [0.1, 0.15) is 26.3 Å². The number of aromatic nitrogens is 3. The molecule has 0 unspecified atom stereocenters. The van der Waals surface area contributed by atoms with Crippen LogP contribution in [0.5, 0.6) is 0 Å². The molecule has 1 heterocycles. The Kier molecular flexibility index (Phi) is 5.02. The van der Waals surface area contributed by atoms with E-state index < -0.39 is 0 Å². The van der Waals surface area contributed by atoms with E-state index in [0.29, 0.717) is 11.6 Å². The Morgan fingerprint density at radius 2 is 2.00 bits per heavy atom. The third-order valence-corrected chi connectivity index (χ3v) is 4.89. The minimum Gasteiger partial charge on any atom is -0.380 e. The molecule has 3 rings (SSSR count). The number of nitrogens with zero attached hydrogens (tertiary/aromatic N) is 3. The Bertz CT molecular complexity index is 917. The number of rotatable bonds is 4. The summed E-state index contributed by atoms with van der Waals surface area (Å²) in [6, 6.07) is 8.37. The standard InChI is InChI=1S/C18H19BrClFN4/c1-18(2,3)10-25-15-7-6-14(16(19)17(15)23-24-25)22-9-11-4-5-12(21)8-13(11)20/h4-8,22H,9-10H2,1-3H3. The summed E-state index contributed by atoms with van der Waals surface area (Å²) in [4.78, 5) is 0. The summed E-state index contributed by atoms with van der Waals surface area (Å²) in [5.74, 6) is -0.341. The first-order valence-electron chi connectivity index (χ1n) is 7.94. The maximum atomic E-state index is 13.1. The molecule has 0 atom stereocenters. The fraction of sp³-hybridized carbons (Fsp3) is 0.333. The predicted molar refractivity (Wildman–Crippen MR) is 103 cm³/mol. The second kappa shape index (κ2) is 6.92. The van der Waals surface area contributed by atoms with Gasteiger partial charge in [-0.15, -0.1) is 5.10 Å². The minimum atomic E-state index is -0.341. The van der Waals surface area contributed by atoms with Crippen LogP contribution in [-0.2, 0) is 13.1 Å². The van der Waals surface area contributed by atoms with Gasteiger partial charge in [0.2, 0.25) is 0 Å². The lowest BCUT2D eigenvalue weighted by atomic mass is 9.97. The fourth-order valence-electron chi connectivity index (χ4n) is 2.56. The molecule has 0 saturated heterocycles. The van der Waals surface area contributed by atoms with Crippen molar-refractivity contribution in [3.05, 3.63) is 51.2 Å². The van der Waals surface area contributed by atoms with Gasteiger partial charge in [0.05, 0.1) is 15.7 Å². The molecule has 0 spiro atoms. The summed E-state index contributed by atoms with van der Waals surface area (Å²) >= 11 is 9.69. The number of nitrogens with one attached hydrogen (secondary N) is 1. The van der Waals surface area contributed by atoms with Crippen molar-refractivity contribution in [2.45, 2.75) is 33.9 Å². The van der Waals surface area contributed by atoms with E-state index in [2.05, 4.69) is 52.3 Å². The second-order valence-electron chi connectivity index (χ2n) is 7.19. The van der Waals surface area contributed by atoms with Gasteiger partial charge in [-0.3, -0.25) is 0 Å². The Morgan fingerprint density at radius 1 is 1.24 bits per heavy atom. The first kappa shape index (κ1) is 18.1. The van der Waals surface area contributed by atoms with E-state index >= 15 is 0 Å². The molecule has 0 bridgehead atoms. The van der Waals surface area contributed by atoms with Gasteiger partial charge in [-0.1, -0.05) is 43.7 Å². The maximum absolute atomic E-state index is 13.1. The van der Waals surface area contributed by atoms with Crippen LogP contribution in [0, 0.1) is 11.2 Å². The van der Waals surface area contributed by atoms with Crippen LogP contribution in [0.25, 0.3) is 11.0 Å². The molecule has 7 heteroatoms. The van der Waals surface area contributed by atoms with Crippen LogP contribution in [0.15, 0.2) is 34.8 Å². The number of hydrogen-bond acceptors (Lipinski definition) is 3. The highest BCUT2D eigenvalue weighted by molar-refractivity contribution is 9.10. The van der Waals surface area contributed by atoms with Crippen LogP contribution >= 0.6 is 27.5 Å². The zero-order valence-electron chi connectivity index (χ0n) is 14.3. The minimum absolute atomic E-state index is 0.114.